The quantitative estimate of drug-likeness (QED) is 0.389. The van der Waals surface area contributed by atoms with Gasteiger partial charge in [0.05, 0.1) is 22.4 Å². The summed E-state index contributed by atoms with van der Waals surface area (Å²) in [6.07, 6.45) is 2.14. The number of hydrogen-bond donors (Lipinski definition) is 2. The van der Waals surface area contributed by atoms with Crippen LogP contribution in [0.15, 0.2) is 35.6 Å². The molecule has 2 N–H and O–H groups in total. The van der Waals surface area contributed by atoms with Gasteiger partial charge in [0.25, 0.3) is 5.91 Å². The minimum absolute atomic E-state index is 0.131. The van der Waals surface area contributed by atoms with E-state index in [1.807, 2.05) is 46.9 Å². The molecule has 1 aliphatic rings. The van der Waals surface area contributed by atoms with Gasteiger partial charge in [-0.15, -0.1) is 0 Å². The van der Waals surface area contributed by atoms with Gasteiger partial charge in [-0.1, -0.05) is 23.4 Å². The molecule has 0 atom stereocenters. The SMILES string of the molecule is CCN(CC)C(=O)C(C)(C)O/N=C1\CC(C)(C)Nc2cc(F)c(-c3cccc4c(C)c[nH]c34)c(F)c21. The fraction of sp³-hybridized carbons (Fsp3) is 0.429. The van der Waals surface area contributed by atoms with Crippen molar-refractivity contribution in [1.29, 1.82) is 0 Å². The van der Waals surface area contributed by atoms with Crippen molar-refractivity contribution in [2.45, 2.75) is 66.0 Å². The molecular weight excluding hydrogens is 462 g/mol. The number of amides is 1. The van der Waals surface area contributed by atoms with Gasteiger partial charge in [0, 0.05) is 47.9 Å². The van der Waals surface area contributed by atoms with Crippen molar-refractivity contribution in [3.63, 3.8) is 0 Å². The average molecular weight is 497 g/mol. The van der Waals surface area contributed by atoms with Crippen LogP contribution in [-0.2, 0) is 9.63 Å². The first-order chi connectivity index (χ1) is 16.9. The molecule has 1 amide bonds. The predicted molar refractivity (Wildman–Crippen MR) is 140 cm³/mol. The van der Waals surface area contributed by atoms with Crippen molar-refractivity contribution in [3.8, 4) is 11.1 Å². The Hall–Kier alpha value is -3.42. The molecule has 0 radical (unpaired) electrons. The van der Waals surface area contributed by atoms with E-state index >= 15 is 8.78 Å². The first kappa shape index (κ1) is 25.7. The number of aromatic amines is 1. The van der Waals surface area contributed by atoms with Crippen molar-refractivity contribution in [1.82, 2.24) is 9.88 Å². The third-order valence-electron chi connectivity index (χ3n) is 6.73. The van der Waals surface area contributed by atoms with Gasteiger partial charge in [-0.05, 0) is 60.1 Å². The van der Waals surface area contributed by atoms with Crippen LogP contribution in [0.2, 0.25) is 0 Å². The van der Waals surface area contributed by atoms with Gasteiger partial charge in [-0.3, -0.25) is 4.79 Å². The van der Waals surface area contributed by atoms with E-state index < -0.39 is 22.8 Å². The van der Waals surface area contributed by atoms with E-state index in [4.69, 9.17) is 4.84 Å². The summed E-state index contributed by atoms with van der Waals surface area (Å²) in [6.45, 7) is 13.9. The second-order valence-corrected chi connectivity index (χ2v) is 10.5. The first-order valence-electron chi connectivity index (χ1n) is 12.3. The van der Waals surface area contributed by atoms with E-state index in [1.165, 1.54) is 6.07 Å². The highest BCUT2D eigenvalue weighted by molar-refractivity contribution is 6.09. The Morgan fingerprint density at radius 3 is 2.56 bits per heavy atom. The van der Waals surface area contributed by atoms with Crippen molar-refractivity contribution in [2.75, 3.05) is 18.4 Å². The van der Waals surface area contributed by atoms with Crippen LogP contribution in [-0.4, -0.2) is 45.7 Å². The Morgan fingerprint density at radius 2 is 1.89 bits per heavy atom. The maximum absolute atomic E-state index is 16.2. The van der Waals surface area contributed by atoms with Crippen LogP contribution in [0.3, 0.4) is 0 Å². The molecule has 8 heteroatoms. The third-order valence-corrected chi connectivity index (χ3v) is 6.73. The Morgan fingerprint density at radius 1 is 1.19 bits per heavy atom. The van der Waals surface area contributed by atoms with Crippen LogP contribution >= 0.6 is 0 Å². The van der Waals surface area contributed by atoms with Crippen LogP contribution in [0.4, 0.5) is 14.5 Å². The predicted octanol–water partition coefficient (Wildman–Crippen LogP) is 6.38. The van der Waals surface area contributed by atoms with Crippen molar-refractivity contribution in [2.24, 2.45) is 5.16 Å². The van der Waals surface area contributed by atoms with Crippen LogP contribution in [0, 0.1) is 18.6 Å². The molecule has 0 fully saturated rings. The highest BCUT2D eigenvalue weighted by Crippen LogP contribution is 2.41. The van der Waals surface area contributed by atoms with Crippen molar-refractivity contribution < 1.29 is 18.4 Å². The number of anilines is 1. The van der Waals surface area contributed by atoms with Gasteiger partial charge in [0.15, 0.2) is 0 Å². The van der Waals surface area contributed by atoms with Gasteiger partial charge < -0.3 is 20.0 Å². The largest absolute Gasteiger partial charge is 0.379 e. The topological polar surface area (TPSA) is 69.7 Å². The molecule has 2 aromatic carbocycles. The summed E-state index contributed by atoms with van der Waals surface area (Å²) in [5.74, 6) is -1.60. The molecule has 2 heterocycles. The van der Waals surface area contributed by atoms with Crippen molar-refractivity contribution in [3.05, 3.63) is 53.2 Å². The number of hydrogen-bond acceptors (Lipinski definition) is 4. The molecular formula is C28H34F2N4O2. The fourth-order valence-electron chi connectivity index (χ4n) is 4.84. The number of halogens is 2. The number of carbonyl (C=O) groups excluding carboxylic acids is 1. The molecule has 6 nitrogen and oxygen atoms in total. The number of H-pyrrole nitrogens is 1. The lowest BCUT2D eigenvalue weighted by molar-refractivity contribution is -0.153. The number of carbonyl (C=O) groups is 1. The summed E-state index contributed by atoms with van der Waals surface area (Å²) < 4.78 is 31.7. The lowest BCUT2D eigenvalue weighted by Crippen LogP contribution is -2.46. The number of nitrogens with one attached hydrogen (secondary N) is 2. The Bertz CT molecular complexity index is 1350. The van der Waals surface area contributed by atoms with Crippen molar-refractivity contribution >= 4 is 28.2 Å². The van der Waals surface area contributed by atoms with Crippen LogP contribution in [0.1, 0.15) is 59.1 Å². The summed E-state index contributed by atoms with van der Waals surface area (Å²) >= 11 is 0. The van der Waals surface area contributed by atoms with Crippen LogP contribution in [0.25, 0.3) is 22.0 Å². The number of oxime groups is 1. The summed E-state index contributed by atoms with van der Waals surface area (Å²) in [4.78, 5) is 23.5. The molecule has 36 heavy (non-hydrogen) atoms. The summed E-state index contributed by atoms with van der Waals surface area (Å²) in [6, 6.07) is 6.72. The maximum atomic E-state index is 16.2. The minimum Gasteiger partial charge on any atom is -0.379 e. The Labute approximate surface area is 210 Å². The van der Waals surface area contributed by atoms with E-state index in [2.05, 4.69) is 15.5 Å². The minimum atomic E-state index is -1.25. The van der Waals surface area contributed by atoms with E-state index in [0.717, 1.165) is 10.9 Å². The molecule has 1 aliphatic heterocycles. The van der Waals surface area contributed by atoms with E-state index in [-0.39, 0.29) is 17.0 Å². The van der Waals surface area contributed by atoms with E-state index in [0.29, 0.717) is 42.0 Å². The molecule has 0 saturated carbocycles. The number of nitrogens with zero attached hydrogens (tertiary/aromatic N) is 2. The smallest absolute Gasteiger partial charge is 0.268 e. The highest BCUT2D eigenvalue weighted by Gasteiger charge is 2.37. The lowest BCUT2D eigenvalue weighted by atomic mass is 9.85. The lowest BCUT2D eigenvalue weighted by Gasteiger charge is -2.35. The average Bonchev–Trinajstić information content (AvgIpc) is 3.19. The Kier molecular flexibility index (Phi) is 6.58. The molecule has 3 aromatic rings. The van der Waals surface area contributed by atoms with Crippen LogP contribution < -0.4 is 5.32 Å². The van der Waals surface area contributed by atoms with Gasteiger partial charge in [0.1, 0.15) is 11.6 Å². The number of aromatic nitrogens is 1. The highest BCUT2D eigenvalue weighted by atomic mass is 19.1. The second-order valence-electron chi connectivity index (χ2n) is 10.5. The molecule has 0 aliphatic carbocycles. The number of likely N-dealkylation sites (N-methyl/N-ethyl adjacent to an activating group) is 1. The Balaban J connectivity index is 1.85. The van der Waals surface area contributed by atoms with E-state index in [9.17, 15) is 4.79 Å². The molecule has 0 spiro atoms. The number of benzene rings is 2. The first-order valence-corrected chi connectivity index (χ1v) is 12.3. The normalized spacial score (nSPS) is 16.1. The third kappa shape index (κ3) is 4.45. The number of para-hydroxylation sites is 1. The molecule has 0 bridgehead atoms. The zero-order valence-electron chi connectivity index (χ0n) is 22.0. The van der Waals surface area contributed by atoms with Crippen LogP contribution in [0.5, 0.6) is 0 Å². The fourth-order valence-corrected chi connectivity index (χ4v) is 4.84. The maximum Gasteiger partial charge on any atom is 0.268 e. The number of rotatable bonds is 6. The molecule has 0 unspecified atom stereocenters. The van der Waals surface area contributed by atoms with E-state index in [1.54, 1.807) is 30.9 Å². The molecule has 192 valence electrons. The standard InChI is InChI=1S/C28H34F2N4O2/c1-8-34(9-2)26(35)28(6,7)36-33-21-14-27(4,5)32-20-13-19(29)22(24(30)23(20)21)18-12-10-11-17-16(3)15-31-25(17)18/h10-13,15,31-32H,8-9,14H2,1-7H3/b33-21+. The van der Waals surface area contributed by atoms with Gasteiger partial charge >= 0.3 is 0 Å². The van der Waals surface area contributed by atoms with Gasteiger partial charge in [-0.2, -0.15) is 0 Å². The summed E-state index contributed by atoms with van der Waals surface area (Å²) in [7, 11) is 0. The zero-order chi connectivity index (χ0) is 26.4. The monoisotopic (exact) mass is 496 g/mol. The second kappa shape index (κ2) is 9.22. The zero-order valence-corrected chi connectivity index (χ0v) is 22.0. The van der Waals surface area contributed by atoms with Gasteiger partial charge in [-0.25, -0.2) is 8.78 Å². The summed E-state index contributed by atoms with van der Waals surface area (Å²) in [5, 5.41) is 8.44. The molecule has 4 rings (SSSR count). The summed E-state index contributed by atoms with van der Waals surface area (Å²) in [5.41, 5.74) is 0.951. The molecule has 1 aromatic heterocycles. The molecule has 0 saturated heterocycles. The van der Waals surface area contributed by atoms with Gasteiger partial charge in [0.2, 0.25) is 5.60 Å². The number of fused-ring (bicyclic) bond motifs is 2. The number of aryl methyl sites for hydroxylation is 1.